The minimum atomic E-state index is -3.74. The first-order valence-corrected chi connectivity index (χ1v) is 33.7. The molecule has 4 saturated heterocycles. The SMILES string of the molecule is CC(C)(C)c1ccc(S(=O)(=O)N2CCC[C@@H]2C(=O)O)cc1.CC(C)(C)c1ccc(S(=O)(=O)N2CCC[C@@H]2C(=O)O)cc1.CC(C)(C)c1ccc(S(=O)(=O)N2CCC[C@@H]2C(=O)O)cc1.CC(C)(C)c1ccc(S(=O)(=O)N2CCC[C@@H]2C(=O)O)cc1.[Rh].[Rh]. The number of rotatable bonds is 12. The van der Waals surface area contributed by atoms with Crippen molar-refractivity contribution in [3.63, 3.8) is 0 Å². The zero-order valence-electron chi connectivity index (χ0n) is 50.8. The smallest absolute Gasteiger partial charge is 0.322 e. The Balaban J connectivity index is 0.000000298. The van der Waals surface area contributed by atoms with Crippen molar-refractivity contribution < 1.29 is 112 Å². The second kappa shape index (κ2) is 29.5. The van der Waals surface area contributed by atoms with Crippen LogP contribution in [-0.4, -0.2) is 146 Å². The monoisotopic (exact) mass is 1450 g/mol. The molecule has 86 heavy (non-hydrogen) atoms. The van der Waals surface area contributed by atoms with Crippen molar-refractivity contribution >= 4 is 64.0 Å². The maximum absolute atomic E-state index is 12.6. The third-order valence-electron chi connectivity index (χ3n) is 15.3. The molecule has 4 aromatic carbocycles. The zero-order chi connectivity index (χ0) is 63.3. The van der Waals surface area contributed by atoms with Gasteiger partial charge in [0.25, 0.3) is 0 Å². The van der Waals surface area contributed by atoms with E-state index in [0.717, 1.165) is 39.5 Å². The molecular weight excluding hydrogens is 1370 g/mol. The van der Waals surface area contributed by atoms with Gasteiger partial charge in [0.05, 0.1) is 19.6 Å². The minimum Gasteiger partial charge on any atom is -0.480 e. The molecule has 0 spiro atoms. The van der Waals surface area contributed by atoms with Crippen LogP contribution >= 0.6 is 0 Å². The van der Waals surface area contributed by atoms with Crippen LogP contribution in [0.2, 0.25) is 0 Å². The number of carbonyl (C=O) groups is 4. The average molecular weight is 1450 g/mol. The second-order valence-corrected chi connectivity index (χ2v) is 33.1. The van der Waals surface area contributed by atoms with E-state index < -0.39 is 88.1 Å². The van der Waals surface area contributed by atoms with Crippen LogP contribution in [-0.2, 0) is 120 Å². The molecule has 4 aliphatic heterocycles. The molecule has 4 atom stereocenters. The predicted molar refractivity (Wildman–Crippen MR) is 319 cm³/mol. The number of nitrogens with zero attached hydrogens (tertiary/aromatic N) is 4. The first-order valence-electron chi connectivity index (χ1n) is 28.0. The average Bonchev–Trinajstić information content (AvgIpc) is 2.47. The molecular formula is C60H84N4O16Rh2S4. The Morgan fingerprint density at radius 3 is 0.570 bits per heavy atom. The molecule has 4 fully saturated rings. The van der Waals surface area contributed by atoms with Gasteiger partial charge in [-0.3, -0.25) is 19.2 Å². The fourth-order valence-corrected chi connectivity index (χ4v) is 16.8. The van der Waals surface area contributed by atoms with Crippen LogP contribution in [0.1, 0.15) is 157 Å². The maximum Gasteiger partial charge on any atom is 0.322 e. The topological polar surface area (TPSA) is 299 Å². The van der Waals surface area contributed by atoms with Crippen molar-refractivity contribution in [3.05, 3.63) is 119 Å². The summed E-state index contributed by atoms with van der Waals surface area (Å²) in [7, 11) is -15.0. The van der Waals surface area contributed by atoms with Crippen LogP contribution in [0, 0.1) is 0 Å². The van der Waals surface area contributed by atoms with E-state index in [9.17, 15) is 52.8 Å². The van der Waals surface area contributed by atoms with E-state index in [1.54, 1.807) is 97.1 Å². The Kier molecular flexibility index (Phi) is 26.1. The van der Waals surface area contributed by atoms with Gasteiger partial charge in [-0.2, -0.15) is 17.2 Å². The minimum absolute atomic E-state index is 0. The Hall–Kier alpha value is -4.35. The normalized spacial score (nSPS) is 20.1. The third kappa shape index (κ3) is 18.4. The predicted octanol–water partition coefficient (Wildman–Crippen LogP) is 8.88. The molecule has 20 nitrogen and oxygen atoms in total. The summed E-state index contributed by atoms with van der Waals surface area (Å²) in [5, 5.41) is 36.6. The summed E-state index contributed by atoms with van der Waals surface area (Å²) >= 11 is 0. The molecule has 482 valence electrons. The van der Waals surface area contributed by atoms with Crippen molar-refractivity contribution in [3.8, 4) is 0 Å². The number of sulfonamides is 4. The summed E-state index contributed by atoms with van der Waals surface area (Å²) < 4.78 is 105. The summed E-state index contributed by atoms with van der Waals surface area (Å²) in [6, 6.07) is 23.0. The molecule has 4 aromatic rings. The van der Waals surface area contributed by atoms with Crippen LogP contribution < -0.4 is 0 Å². The van der Waals surface area contributed by atoms with Crippen LogP contribution in [0.5, 0.6) is 0 Å². The quantitative estimate of drug-likeness (QED) is 0.0963. The number of hydrogen-bond acceptors (Lipinski definition) is 12. The molecule has 8 rings (SSSR count). The Labute approximate surface area is 534 Å². The Bertz CT molecular complexity index is 2990. The van der Waals surface area contributed by atoms with Gasteiger partial charge >= 0.3 is 23.9 Å². The zero-order valence-corrected chi connectivity index (χ0v) is 57.4. The first kappa shape index (κ1) is 75.9. The van der Waals surface area contributed by atoms with E-state index in [1.165, 1.54) is 0 Å². The number of aliphatic carboxylic acids is 4. The summed E-state index contributed by atoms with van der Waals surface area (Å²) in [6.07, 6.45) is 3.80. The van der Waals surface area contributed by atoms with Crippen molar-refractivity contribution in [1.29, 1.82) is 0 Å². The van der Waals surface area contributed by atoms with Gasteiger partial charge in [0, 0.05) is 65.1 Å². The summed E-state index contributed by atoms with van der Waals surface area (Å²) in [4.78, 5) is 45.3. The largest absolute Gasteiger partial charge is 0.480 e. The van der Waals surface area contributed by atoms with E-state index in [-0.39, 0.29) is 106 Å². The molecule has 26 heteroatoms. The van der Waals surface area contributed by atoms with Crippen LogP contribution in [0.15, 0.2) is 117 Å². The van der Waals surface area contributed by atoms with Crippen molar-refractivity contribution in [2.24, 2.45) is 0 Å². The van der Waals surface area contributed by atoms with Gasteiger partial charge in [0.1, 0.15) is 24.2 Å². The third-order valence-corrected chi connectivity index (χ3v) is 23.0. The van der Waals surface area contributed by atoms with E-state index in [2.05, 4.69) is 83.1 Å². The van der Waals surface area contributed by atoms with Gasteiger partial charge in [-0.15, -0.1) is 0 Å². The maximum atomic E-state index is 12.6. The number of carboxylic acids is 4. The summed E-state index contributed by atoms with van der Waals surface area (Å²) in [6.45, 7) is 25.7. The van der Waals surface area contributed by atoms with E-state index in [4.69, 9.17) is 20.4 Å². The van der Waals surface area contributed by atoms with Gasteiger partial charge < -0.3 is 20.4 Å². The molecule has 4 heterocycles. The molecule has 0 saturated carbocycles. The molecule has 0 amide bonds. The van der Waals surface area contributed by atoms with Crippen molar-refractivity contribution in [2.45, 2.75) is 200 Å². The van der Waals surface area contributed by atoms with Crippen LogP contribution in [0.25, 0.3) is 0 Å². The Morgan fingerprint density at radius 1 is 0.314 bits per heavy atom. The molecule has 0 bridgehead atoms. The van der Waals surface area contributed by atoms with E-state index in [1.807, 2.05) is 0 Å². The molecule has 0 unspecified atom stereocenters. The molecule has 0 aliphatic carbocycles. The fourth-order valence-electron chi connectivity index (χ4n) is 10.1. The second-order valence-electron chi connectivity index (χ2n) is 25.5. The summed E-state index contributed by atoms with van der Waals surface area (Å²) in [5.74, 6) is -4.32. The van der Waals surface area contributed by atoms with E-state index >= 15 is 0 Å². The van der Waals surface area contributed by atoms with Crippen LogP contribution in [0.3, 0.4) is 0 Å². The van der Waals surface area contributed by atoms with Gasteiger partial charge in [-0.25, -0.2) is 33.7 Å². The fraction of sp³-hybridized carbons (Fsp3) is 0.533. The number of carboxylic acid groups (broad SMARTS) is 4. The van der Waals surface area contributed by atoms with Gasteiger partial charge in [0.2, 0.25) is 40.1 Å². The molecule has 2 radical (unpaired) electrons. The van der Waals surface area contributed by atoms with Crippen LogP contribution in [0.4, 0.5) is 0 Å². The molecule has 4 aliphatic rings. The van der Waals surface area contributed by atoms with Gasteiger partial charge in [-0.05, 0) is 144 Å². The number of hydrogen-bond donors (Lipinski definition) is 4. The first-order chi connectivity index (χ1) is 38.5. The van der Waals surface area contributed by atoms with Gasteiger partial charge in [-0.1, -0.05) is 132 Å². The molecule has 4 N–H and O–H groups in total. The standard InChI is InChI=1S/4C15H21NO4S.2Rh/c4*1-15(2,3)11-6-8-12(9-7-11)21(19,20)16-10-4-5-13(16)14(17)18;;/h4*6-9,13H,4-5,10H2,1-3H3,(H,17,18);;/t4*13-;;/m1111../s1. The van der Waals surface area contributed by atoms with Crippen molar-refractivity contribution in [1.82, 2.24) is 17.2 Å². The van der Waals surface area contributed by atoms with Gasteiger partial charge in [0.15, 0.2) is 0 Å². The molecule has 0 aromatic heterocycles. The van der Waals surface area contributed by atoms with Crippen molar-refractivity contribution in [2.75, 3.05) is 26.2 Å². The summed E-state index contributed by atoms with van der Waals surface area (Å²) in [5.41, 5.74) is 3.93. The Morgan fingerprint density at radius 2 is 0.453 bits per heavy atom. The number of benzene rings is 4. The van der Waals surface area contributed by atoms with E-state index in [0.29, 0.717) is 51.4 Å².